The lowest BCUT2D eigenvalue weighted by Crippen LogP contribution is -2.56. The Morgan fingerprint density at radius 3 is 2.47 bits per heavy atom. The van der Waals surface area contributed by atoms with Crippen LogP contribution in [0.4, 0.5) is 16.3 Å². The number of hydrogen-bond acceptors (Lipinski definition) is 6. The summed E-state index contributed by atoms with van der Waals surface area (Å²) >= 11 is 0. The van der Waals surface area contributed by atoms with Crippen molar-refractivity contribution in [3.63, 3.8) is 0 Å². The van der Waals surface area contributed by atoms with Crippen LogP contribution in [0.25, 0.3) is 22.3 Å². The second-order valence-electron chi connectivity index (χ2n) is 9.80. The van der Waals surface area contributed by atoms with Crippen LogP contribution in [0, 0.1) is 5.41 Å². The number of morpholine rings is 1. The molecular weight excluding hydrogens is 454 g/mol. The number of rotatable bonds is 4. The van der Waals surface area contributed by atoms with E-state index < -0.39 is 0 Å². The lowest BCUT2D eigenvalue weighted by molar-refractivity contribution is 0.0933. The average Bonchev–Trinajstić information content (AvgIpc) is 3.35. The number of carbonyl (C=O) groups is 1. The van der Waals surface area contributed by atoms with E-state index in [1.807, 2.05) is 38.1 Å². The van der Waals surface area contributed by atoms with Crippen LogP contribution in [0.1, 0.15) is 39.5 Å². The van der Waals surface area contributed by atoms with Gasteiger partial charge in [0.15, 0.2) is 0 Å². The highest BCUT2D eigenvalue weighted by Crippen LogP contribution is 2.39. The molecule has 1 saturated carbocycles. The van der Waals surface area contributed by atoms with Crippen LogP contribution in [0.3, 0.4) is 0 Å². The molecule has 2 saturated heterocycles. The molecule has 0 atom stereocenters. The Kier molecular flexibility index (Phi) is 7.38. The molecule has 4 N–H and O–H groups in total. The van der Waals surface area contributed by atoms with Crippen LogP contribution in [0.15, 0.2) is 36.7 Å². The first kappa shape index (κ1) is 24.5. The fourth-order valence-electron chi connectivity index (χ4n) is 5.40. The SMILES string of the molecule is CC.O=C(Nc1ccc(-c2cc3c(N4CCOCC4)ncnc3[nH]2)cc1)NC1CCC2(CC1)CNC2. The van der Waals surface area contributed by atoms with Gasteiger partial charge in [-0.1, -0.05) is 26.0 Å². The largest absolute Gasteiger partial charge is 0.378 e. The second kappa shape index (κ2) is 10.8. The third-order valence-electron chi connectivity index (χ3n) is 7.55. The zero-order valence-corrected chi connectivity index (χ0v) is 21.3. The molecule has 36 heavy (non-hydrogen) atoms. The van der Waals surface area contributed by atoms with Crippen molar-refractivity contribution in [2.24, 2.45) is 5.41 Å². The number of aromatic nitrogens is 3. The molecule has 3 aromatic rings. The highest BCUT2D eigenvalue weighted by molar-refractivity contribution is 5.93. The topological polar surface area (TPSA) is 107 Å². The van der Waals surface area contributed by atoms with E-state index >= 15 is 0 Å². The Morgan fingerprint density at radius 1 is 1.08 bits per heavy atom. The number of nitrogens with zero attached hydrogens (tertiary/aromatic N) is 3. The zero-order chi connectivity index (χ0) is 25.0. The molecule has 0 unspecified atom stereocenters. The van der Waals surface area contributed by atoms with Crippen molar-refractivity contribution in [1.29, 1.82) is 0 Å². The number of ether oxygens (including phenoxy) is 1. The smallest absolute Gasteiger partial charge is 0.319 e. The highest BCUT2D eigenvalue weighted by atomic mass is 16.5. The second-order valence-corrected chi connectivity index (χ2v) is 9.80. The summed E-state index contributed by atoms with van der Waals surface area (Å²) in [6.45, 7) is 9.35. The number of H-pyrrole nitrogens is 1. The van der Waals surface area contributed by atoms with Crippen molar-refractivity contribution >= 4 is 28.6 Å². The first-order valence-corrected chi connectivity index (χ1v) is 13.2. The third kappa shape index (κ3) is 5.17. The first-order valence-electron chi connectivity index (χ1n) is 13.2. The summed E-state index contributed by atoms with van der Waals surface area (Å²) in [7, 11) is 0. The molecule has 2 aliphatic heterocycles. The van der Waals surface area contributed by atoms with Crippen LogP contribution < -0.4 is 20.9 Å². The van der Waals surface area contributed by atoms with Crippen molar-refractivity contribution in [3.8, 4) is 11.3 Å². The number of nitrogens with one attached hydrogen (secondary N) is 4. The number of fused-ring (bicyclic) bond motifs is 1. The molecule has 1 aromatic carbocycles. The summed E-state index contributed by atoms with van der Waals surface area (Å²) < 4.78 is 5.47. The van der Waals surface area contributed by atoms with Gasteiger partial charge in [0.25, 0.3) is 0 Å². The standard InChI is InChI=1S/C25H31N7O2.C2H6/c33-24(30-19-5-7-25(8-6-19)14-26-15-25)29-18-3-1-17(2-4-18)21-13-20-22(31-21)27-16-28-23(20)32-9-11-34-12-10-32;1-2/h1-4,13,16,19,26H,5-12,14-15H2,(H,27,28,31)(H2,29,30,33);1-2H3. The molecule has 0 bridgehead atoms. The van der Waals surface area contributed by atoms with E-state index in [-0.39, 0.29) is 12.1 Å². The van der Waals surface area contributed by atoms with Gasteiger partial charge >= 0.3 is 6.03 Å². The molecule has 2 aromatic heterocycles. The van der Waals surface area contributed by atoms with Gasteiger partial charge in [-0.25, -0.2) is 14.8 Å². The number of aromatic amines is 1. The number of hydrogen-bond donors (Lipinski definition) is 4. The van der Waals surface area contributed by atoms with Gasteiger partial charge in [-0.15, -0.1) is 0 Å². The van der Waals surface area contributed by atoms with Gasteiger partial charge in [0, 0.05) is 43.6 Å². The minimum absolute atomic E-state index is 0.128. The van der Waals surface area contributed by atoms with Crippen LogP contribution in [0.2, 0.25) is 0 Å². The molecular formula is C27H37N7O2. The van der Waals surface area contributed by atoms with E-state index in [9.17, 15) is 4.79 Å². The number of urea groups is 1. The lowest BCUT2D eigenvalue weighted by Gasteiger charge is -2.47. The molecule has 3 fully saturated rings. The number of benzene rings is 1. The van der Waals surface area contributed by atoms with Gasteiger partial charge in [-0.3, -0.25) is 0 Å². The molecule has 1 spiro atoms. The maximum absolute atomic E-state index is 12.5. The predicted octanol–water partition coefficient (Wildman–Crippen LogP) is 4.14. The molecule has 0 radical (unpaired) electrons. The van der Waals surface area contributed by atoms with Gasteiger partial charge in [0.2, 0.25) is 0 Å². The van der Waals surface area contributed by atoms with E-state index in [2.05, 4.69) is 41.9 Å². The minimum atomic E-state index is -0.128. The molecule has 6 rings (SSSR count). The number of amides is 2. The normalized spacial score (nSPS) is 19.3. The van der Waals surface area contributed by atoms with Crippen LogP contribution in [-0.2, 0) is 4.74 Å². The quantitative estimate of drug-likeness (QED) is 0.437. The zero-order valence-electron chi connectivity index (χ0n) is 21.3. The van der Waals surface area contributed by atoms with E-state index in [0.717, 1.165) is 72.8 Å². The molecule has 4 heterocycles. The summed E-state index contributed by atoms with van der Waals surface area (Å²) in [6.07, 6.45) is 6.12. The molecule has 9 nitrogen and oxygen atoms in total. The maximum Gasteiger partial charge on any atom is 0.319 e. The highest BCUT2D eigenvalue weighted by Gasteiger charge is 2.40. The predicted molar refractivity (Wildman–Crippen MR) is 143 cm³/mol. The Balaban J connectivity index is 0.00000130. The fraction of sp³-hybridized carbons (Fsp3) is 0.519. The van der Waals surface area contributed by atoms with Gasteiger partial charge < -0.3 is 30.6 Å². The Hall–Kier alpha value is -3.17. The summed E-state index contributed by atoms with van der Waals surface area (Å²) in [5.41, 5.74) is 4.11. The monoisotopic (exact) mass is 491 g/mol. The van der Waals surface area contributed by atoms with E-state index in [1.165, 1.54) is 12.8 Å². The van der Waals surface area contributed by atoms with Crippen molar-refractivity contribution in [2.75, 3.05) is 49.6 Å². The summed E-state index contributed by atoms with van der Waals surface area (Å²) in [4.78, 5) is 27.1. The van der Waals surface area contributed by atoms with Gasteiger partial charge in [-0.05, 0) is 54.9 Å². The molecule has 9 heteroatoms. The third-order valence-corrected chi connectivity index (χ3v) is 7.55. The van der Waals surface area contributed by atoms with E-state index in [4.69, 9.17) is 4.74 Å². The van der Waals surface area contributed by atoms with Gasteiger partial charge in [0.05, 0.1) is 18.6 Å². The fourth-order valence-corrected chi connectivity index (χ4v) is 5.40. The van der Waals surface area contributed by atoms with Gasteiger partial charge in [0.1, 0.15) is 17.8 Å². The molecule has 192 valence electrons. The first-order chi connectivity index (χ1) is 17.7. The Morgan fingerprint density at radius 2 is 1.81 bits per heavy atom. The van der Waals surface area contributed by atoms with E-state index in [1.54, 1.807) is 6.33 Å². The van der Waals surface area contributed by atoms with Crippen LogP contribution in [-0.4, -0.2) is 66.4 Å². The molecule has 3 aliphatic rings. The minimum Gasteiger partial charge on any atom is -0.378 e. The van der Waals surface area contributed by atoms with Crippen LogP contribution >= 0.6 is 0 Å². The Bertz CT molecular complexity index is 1160. The Labute approximate surface area is 212 Å². The van der Waals surface area contributed by atoms with Crippen LogP contribution in [0.5, 0.6) is 0 Å². The maximum atomic E-state index is 12.5. The molecule has 1 aliphatic carbocycles. The van der Waals surface area contributed by atoms with E-state index in [0.29, 0.717) is 18.6 Å². The van der Waals surface area contributed by atoms with Crippen molar-refractivity contribution in [2.45, 2.75) is 45.6 Å². The molecule has 2 amide bonds. The van der Waals surface area contributed by atoms with Crippen molar-refractivity contribution in [3.05, 3.63) is 36.7 Å². The van der Waals surface area contributed by atoms with Gasteiger partial charge in [-0.2, -0.15) is 0 Å². The number of carbonyl (C=O) groups excluding carboxylic acids is 1. The summed E-state index contributed by atoms with van der Waals surface area (Å²) in [5.74, 6) is 0.938. The van der Waals surface area contributed by atoms with Crippen molar-refractivity contribution < 1.29 is 9.53 Å². The average molecular weight is 492 g/mol. The summed E-state index contributed by atoms with van der Waals surface area (Å²) in [6, 6.07) is 10.1. The summed E-state index contributed by atoms with van der Waals surface area (Å²) in [5, 5.41) is 10.5. The number of anilines is 2. The lowest BCUT2D eigenvalue weighted by atomic mass is 9.68. The van der Waals surface area contributed by atoms with Crippen molar-refractivity contribution in [1.82, 2.24) is 25.6 Å².